The number of hydrogen-bond acceptors (Lipinski definition) is 4. The van der Waals surface area contributed by atoms with E-state index in [9.17, 15) is 8.42 Å². The van der Waals surface area contributed by atoms with Crippen LogP contribution in [0.15, 0.2) is 41.3 Å². The molecule has 1 fully saturated rings. The van der Waals surface area contributed by atoms with E-state index in [4.69, 9.17) is 5.73 Å². The molecular weight excluding hydrogens is 292 g/mol. The van der Waals surface area contributed by atoms with Crippen LogP contribution in [-0.2, 0) is 10.0 Å². The number of hydrogen-bond donors (Lipinski definition) is 2. The molecule has 1 aliphatic heterocycles. The minimum Gasteiger partial charge on any atom is -0.399 e. The maximum Gasteiger partial charge on any atom is 0.241 e. The van der Waals surface area contributed by atoms with E-state index in [1.54, 1.807) is 42.1 Å². The summed E-state index contributed by atoms with van der Waals surface area (Å²) < 4.78 is 27.9. The molecule has 0 saturated carbocycles. The minimum atomic E-state index is -3.49. The van der Waals surface area contributed by atoms with Gasteiger partial charge in [-0.25, -0.2) is 13.1 Å². The van der Waals surface area contributed by atoms with E-state index < -0.39 is 10.0 Å². The molecule has 20 heavy (non-hydrogen) atoms. The monoisotopic (exact) mass is 308 g/mol. The molecule has 2 aromatic rings. The second kappa shape index (κ2) is 5.27. The van der Waals surface area contributed by atoms with Gasteiger partial charge < -0.3 is 5.73 Å². The highest BCUT2D eigenvalue weighted by Gasteiger charge is 2.24. The number of benzene rings is 2. The van der Waals surface area contributed by atoms with E-state index in [-0.39, 0.29) is 6.04 Å². The maximum absolute atomic E-state index is 12.5. The van der Waals surface area contributed by atoms with Crippen LogP contribution in [0.1, 0.15) is 6.42 Å². The average molecular weight is 308 g/mol. The number of thioether (sulfide) groups is 1. The topological polar surface area (TPSA) is 72.2 Å². The number of nitrogen functional groups attached to an aromatic ring is 1. The van der Waals surface area contributed by atoms with Crippen LogP contribution in [0.3, 0.4) is 0 Å². The molecule has 1 unspecified atom stereocenters. The molecular formula is C14H16N2O2S2. The molecule has 0 aromatic heterocycles. The van der Waals surface area contributed by atoms with Crippen LogP contribution in [0.4, 0.5) is 5.69 Å². The van der Waals surface area contributed by atoms with Crippen LogP contribution >= 0.6 is 11.8 Å². The van der Waals surface area contributed by atoms with E-state index >= 15 is 0 Å². The van der Waals surface area contributed by atoms with Crippen molar-refractivity contribution < 1.29 is 8.42 Å². The van der Waals surface area contributed by atoms with E-state index in [0.717, 1.165) is 23.3 Å². The van der Waals surface area contributed by atoms with E-state index in [0.29, 0.717) is 16.0 Å². The van der Waals surface area contributed by atoms with Gasteiger partial charge in [-0.05, 0) is 35.8 Å². The summed E-state index contributed by atoms with van der Waals surface area (Å²) in [5.74, 6) is 1.86. The third-order valence-electron chi connectivity index (χ3n) is 3.41. The Balaban J connectivity index is 2.04. The highest BCUT2D eigenvalue weighted by atomic mass is 32.2. The van der Waals surface area contributed by atoms with Gasteiger partial charge in [0.25, 0.3) is 0 Å². The molecule has 1 aliphatic rings. The third-order valence-corrected chi connectivity index (χ3v) is 6.15. The van der Waals surface area contributed by atoms with Crippen molar-refractivity contribution in [3.8, 4) is 0 Å². The standard InChI is InChI=1S/C14H16N2O2S2/c15-11-4-5-13-10(8-11)2-1-3-14(13)20(17,18)16-12-6-7-19-9-12/h1-5,8,12,16H,6-7,9,15H2. The number of nitrogens with one attached hydrogen (secondary N) is 1. The minimum absolute atomic E-state index is 0.0361. The van der Waals surface area contributed by atoms with Crippen LogP contribution in [0.2, 0.25) is 0 Å². The smallest absolute Gasteiger partial charge is 0.241 e. The molecule has 3 rings (SSSR count). The summed E-state index contributed by atoms with van der Waals surface area (Å²) in [4.78, 5) is 0.326. The zero-order valence-corrected chi connectivity index (χ0v) is 12.5. The van der Waals surface area contributed by atoms with Gasteiger partial charge in [-0.3, -0.25) is 0 Å². The molecule has 0 bridgehead atoms. The number of fused-ring (bicyclic) bond motifs is 1. The maximum atomic E-state index is 12.5. The molecule has 1 atom stereocenters. The van der Waals surface area contributed by atoms with Gasteiger partial charge in [-0.2, -0.15) is 11.8 Å². The quantitative estimate of drug-likeness (QED) is 0.853. The highest BCUT2D eigenvalue weighted by Crippen LogP contribution is 2.26. The molecule has 0 amide bonds. The van der Waals surface area contributed by atoms with Gasteiger partial charge in [-0.15, -0.1) is 0 Å². The molecule has 0 spiro atoms. The Kier molecular flexibility index (Phi) is 3.62. The molecule has 106 valence electrons. The SMILES string of the molecule is Nc1ccc2c(S(=O)(=O)NC3CCSC3)cccc2c1. The average Bonchev–Trinajstić information content (AvgIpc) is 2.89. The normalized spacial score (nSPS) is 19.5. The second-order valence-corrected chi connectivity index (χ2v) is 7.75. The van der Waals surface area contributed by atoms with E-state index in [1.165, 1.54) is 0 Å². The molecule has 6 heteroatoms. The number of anilines is 1. The molecule has 3 N–H and O–H groups in total. The fourth-order valence-corrected chi connectivity index (χ4v) is 5.18. The zero-order valence-electron chi connectivity index (χ0n) is 10.9. The molecule has 1 heterocycles. The largest absolute Gasteiger partial charge is 0.399 e. The molecule has 4 nitrogen and oxygen atoms in total. The van der Waals surface area contributed by atoms with Crippen molar-refractivity contribution in [2.75, 3.05) is 17.2 Å². The third kappa shape index (κ3) is 2.63. The van der Waals surface area contributed by atoms with Crippen LogP contribution in [-0.4, -0.2) is 26.0 Å². The van der Waals surface area contributed by atoms with E-state index in [2.05, 4.69) is 4.72 Å². The van der Waals surface area contributed by atoms with Crippen molar-refractivity contribution in [2.45, 2.75) is 17.4 Å². The summed E-state index contributed by atoms with van der Waals surface area (Å²) in [6.45, 7) is 0. The van der Waals surface area contributed by atoms with Gasteiger partial charge >= 0.3 is 0 Å². The van der Waals surface area contributed by atoms with Gasteiger partial charge in [0.2, 0.25) is 10.0 Å². The molecule has 2 aromatic carbocycles. The van der Waals surface area contributed by atoms with Crippen molar-refractivity contribution in [3.63, 3.8) is 0 Å². The molecule has 1 saturated heterocycles. The first-order valence-electron chi connectivity index (χ1n) is 6.44. The van der Waals surface area contributed by atoms with Crippen LogP contribution in [0, 0.1) is 0 Å². The number of sulfonamides is 1. The van der Waals surface area contributed by atoms with Crippen molar-refractivity contribution in [3.05, 3.63) is 36.4 Å². The lowest BCUT2D eigenvalue weighted by Gasteiger charge is -2.13. The fourth-order valence-electron chi connectivity index (χ4n) is 2.42. The van der Waals surface area contributed by atoms with Crippen molar-refractivity contribution in [1.82, 2.24) is 4.72 Å². The van der Waals surface area contributed by atoms with E-state index in [1.807, 2.05) is 6.07 Å². The molecule has 0 radical (unpaired) electrons. The summed E-state index contributed by atoms with van der Waals surface area (Å²) in [6, 6.07) is 10.6. The number of rotatable bonds is 3. The first kappa shape index (κ1) is 13.7. The van der Waals surface area contributed by atoms with Crippen molar-refractivity contribution in [1.29, 1.82) is 0 Å². The Morgan fingerprint density at radius 3 is 2.85 bits per heavy atom. The van der Waals surface area contributed by atoms with Crippen LogP contribution < -0.4 is 10.5 Å². The van der Waals surface area contributed by atoms with Gasteiger partial charge in [0.15, 0.2) is 0 Å². The van der Waals surface area contributed by atoms with Gasteiger partial charge in [0.05, 0.1) is 4.90 Å². The van der Waals surface area contributed by atoms with Gasteiger partial charge in [0.1, 0.15) is 0 Å². The Hall–Kier alpha value is -1.24. The Morgan fingerprint density at radius 1 is 1.25 bits per heavy atom. The molecule has 0 aliphatic carbocycles. The fraction of sp³-hybridized carbons (Fsp3) is 0.286. The highest BCUT2D eigenvalue weighted by molar-refractivity contribution is 7.99. The lowest BCUT2D eigenvalue weighted by molar-refractivity contribution is 0.564. The Bertz CT molecular complexity index is 738. The Labute approximate surface area is 122 Å². The Morgan fingerprint density at radius 2 is 2.10 bits per heavy atom. The first-order chi connectivity index (χ1) is 9.56. The summed E-state index contributed by atoms with van der Waals surface area (Å²) >= 11 is 1.78. The first-order valence-corrected chi connectivity index (χ1v) is 9.08. The zero-order chi connectivity index (χ0) is 14.2. The van der Waals surface area contributed by atoms with Gasteiger partial charge in [-0.1, -0.05) is 18.2 Å². The summed E-state index contributed by atoms with van der Waals surface area (Å²) in [5.41, 5.74) is 6.38. The van der Waals surface area contributed by atoms with Crippen LogP contribution in [0.5, 0.6) is 0 Å². The second-order valence-electron chi connectivity index (χ2n) is 4.92. The summed E-state index contributed by atoms with van der Waals surface area (Å²) in [7, 11) is -3.49. The van der Waals surface area contributed by atoms with Crippen molar-refractivity contribution in [2.24, 2.45) is 0 Å². The predicted octanol–water partition coefficient (Wildman–Crippen LogP) is 2.21. The van der Waals surface area contributed by atoms with Crippen LogP contribution in [0.25, 0.3) is 10.8 Å². The van der Waals surface area contributed by atoms with Crippen molar-refractivity contribution >= 4 is 38.2 Å². The number of nitrogens with two attached hydrogens (primary N) is 1. The lowest BCUT2D eigenvalue weighted by Crippen LogP contribution is -2.34. The lowest BCUT2D eigenvalue weighted by atomic mass is 10.1. The summed E-state index contributed by atoms with van der Waals surface area (Å²) in [6.07, 6.45) is 0.890. The van der Waals surface area contributed by atoms with Gasteiger partial charge in [0, 0.05) is 22.9 Å². The predicted molar refractivity (Wildman–Crippen MR) is 84.4 cm³/mol. The summed E-state index contributed by atoms with van der Waals surface area (Å²) in [5, 5.41) is 1.55.